The number of unbranched alkanes of at least 4 members (excludes halogenated alkanes) is 36. The summed E-state index contributed by atoms with van der Waals surface area (Å²) in [7, 11) is 0. The van der Waals surface area contributed by atoms with E-state index in [-0.39, 0.29) is 31.1 Å². The lowest BCUT2D eigenvalue weighted by Crippen LogP contribution is -2.30. The molecule has 1 unspecified atom stereocenters. The molecule has 0 fully saturated rings. The standard InChI is InChI=1S/C60H110O6/c1-4-7-10-13-16-19-22-25-28-30-31-33-35-38-41-44-47-50-53-59(62)65-56-57(55-64-58(61)52-49-46-43-40-37-34-27-24-21-18-15-12-9-6-3)66-60(63)54-51-48-45-42-39-36-32-29-26-23-20-17-14-11-8-5-2/h15,18,24,27,29,32,57H,4-14,16-17,19-23,25-26,28,30-31,33-56H2,1-3H3/b18-15-,27-24-,32-29-. The Morgan fingerprint density at radius 2 is 0.561 bits per heavy atom. The van der Waals surface area contributed by atoms with Crippen LogP contribution in [0.5, 0.6) is 0 Å². The maximum Gasteiger partial charge on any atom is 0.306 e. The van der Waals surface area contributed by atoms with Crippen LogP contribution in [0.15, 0.2) is 36.5 Å². The van der Waals surface area contributed by atoms with Crippen LogP contribution in [-0.4, -0.2) is 37.2 Å². The predicted octanol–water partition coefficient (Wildman–Crippen LogP) is 19.3. The van der Waals surface area contributed by atoms with Crippen LogP contribution in [0.25, 0.3) is 0 Å². The Labute approximate surface area is 410 Å². The van der Waals surface area contributed by atoms with E-state index >= 15 is 0 Å². The molecular formula is C60H110O6. The van der Waals surface area contributed by atoms with Crippen LogP contribution in [-0.2, 0) is 28.6 Å². The molecule has 0 aromatic carbocycles. The summed E-state index contributed by atoms with van der Waals surface area (Å²) in [6, 6.07) is 0. The molecule has 0 aliphatic carbocycles. The minimum absolute atomic E-state index is 0.0764. The van der Waals surface area contributed by atoms with Crippen molar-refractivity contribution < 1.29 is 28.6 Å². The van der Waals surface area contributed by atoms with Crippen molar-refractivity contribution in [1.29, 1.82) is 0 Å². The molecule has 0 spiro atoms. The summed E-state index contributed by atoms with van der Waals surface area (Å²) in [5.74, 6) is -0.882. The van der Waals surface area contributed by atoms with Gasteiger partial charge in [-0.1, -0.05) is 256 Å². The second kappa shape index (κ2) is 55.2. The van der Waals surface area contributed by atoms with Crippen molar-refractivity contribution >= 4 is 17.9 Å². The van der Waals surface area contributed by atoms with Gasteiger partial charge in [-0.3, -0.25) is 14.4 Å². The summed E-state index contributed by atoms with van der Waals surface area (Å²) >= 11 is 0. The predicted molar refractivity (Wildman–Crippen MR) is 284 cm³/mol. The number of carbonyl (C=O) groups is 3. The number of allylic oxidation sites excluding steroid dienone is 6. The van der Waals surface area contributed by atoms with E-state index in [9.17, 15) is 14.4 Å². The topological polar surface area (TPSA) is 78.9 Å². The maximum absolute atomic E-state index is 12.8. The third-order valence-electron chi connectivity index (χ3n) is 12.9. The van der Waals surface area contributed by atoms with Gasteiger partial charge in [-0.05, 0) is 70.6 Å². The lowest BCUT2D eigenvalue weighted by Gasteiger charge is -2.18. The molecule has 0 heterocycles. The number of ether oxygens (including phenoxy) is 3. The zero-order chi connectivity index (χ0) is 47.9. The Morgan fingerprint density at radius 3 is 0.894 bits per heavy atom. The SMILES string of the molecule is CCCC/C=C\C/C=C\CCCCCCCC(=O)OCC(COC(=O)CCCCCCCCCCCCCCCCCCCC)OC(=O)CCCCCCC/C=C\CCCCCCCCC. The van der Waals surface area contributed by atoms with Crippen molar-refractivity contribution in [2.45, 2.75) is 316 Å². The highest BCUT2D eigenvalue weighted by Gasteiger charge is 2.19. The van der Waals surface area contributed by atoms with E-state index in [1.807, 2.05) is 0 Å². The van der Waals surface area contributed by atoms with E-state index in [1.54, 1.807) is 0 Å². The quantitative estimate of drug-likeness (QED) is 0.0262. The molecule has 0 aliphatic rings. The molecule has 6 nitrogen and oxygen atoms in total. The van der Waals surface area contributed by atoms with Crippen molar-refractivity contribution in [2.24, 2.45) is 0 Å². The average molecular weight is 928 g/mol. The van der Waals surface area contributed by atoms with Crippen molar-refractivity contribution in [3.63, 3.8) is 0 Å². The second-order valence-electron chi connectivity index (χ2n) is 19.6. The van der Waals surface area contributed by atoms with E-state index in [0.717, 1.165) is 83.5 Å². The van der Waals surface area contributed by atoms with E-state index < -0.39 is 6.10 Å². The second-order valence-corrected chi connectivity index (χ2v) is 19.6. The smallest absolute Gasteiger partial charge is 0.306 e. The highest BCUT2D eigenvalue weighted by atomic mass is 16.6. The van der Waals surface area contributed by atoms with Gasteiger partial charge >= 0.3 is 17.9 Å². The third kappa shape index (κ3) is 52.6. The summed E-state index contributed by atoms with van der Waals surface area (Å²) in [6.07, 6.45) is 65.6. The molecule has 0 N–H and O–H groups in total. The van der Waals surface area contributed by atoms with Gasteiger partial charge in [-0.25, -0.2) is 0 Å². The molecule has 0 saturated heterocycles. The fourth-order valence-electron chi connectivity index (χ4n) is 8.46. The van der Waals surface area contributed by atoms with Gasteiger partial charge in [0.05, 0.1) is 0 Å². The third-order valence-corrected chi connectivity index (χ3v) is 12.9. The first-order chi connectivity index (χ1) is 32.5. The number of rotatable bonds is 53. The Morgan fingerprint density at radius 1 is 0.303 bits per heavy atom. The fourth-order valence-corrected chi connectivity index (χ4v) is 8.46. The van der Waals surface area contributed by atoms with Crippen LogP contribution >= 0.6 is 0 Å². The van der Waals surface area contributed by atoms with E-state index in [4.69, 9.17) is 14.2 Å². The largest absolute Gasteiger partial charge is 0.462 e. The Balaban J connectivity index is 4.35. The van der Waals surface area contributed by atoms with E-state index in [0.29, 0.717) is 19.3 Å². The van der Waals surface area contributed by atoms with E-state index in [2.05, 4.69) is 57.2 Å². The summed E-state index contributed by atoms with van der Waals surface area (Å²) in [6.45, 7) is 6.62. The monoisotopic (exact) mass is 927 g/mol. The highest BCUT2D eigenvalue weighted by molar-refractivity contribution is 5.71. The molecule has 0 aliphatic heterocycles. The first kappa shape index (κ1) is 63.6. The van der Waals surface area contributed by atoms with Gasteiger partial charge in [-0.2, -0.15) is 0 Å². The van der Waals surface area contributed by atoms with Gasteiger partial charge in [0.1, 0.15) is 13.2 Å². The molecule has 0 amide bonds. The van der Waals surface area contributed by atoms with Crippen molar-refractivity contribution in [1.82, 2.24) is 0 Å². The Bertz CT molecular complexity index is 1110. The normalized spacial score (nSPS) is 12.2. The summed E-state index contributed by atoms with van der Waals surface area (Å²) in [5.41, 5.74) is 0. The number of hydrogen-bond acceptors (Lipinski definition) is 6. The van der Waals surface area contributed by atoms with Gasteiger partial charge in [0.25, 0.3) is 0 Å². The summed E-state index contributed by atoms with van der Waals surface area (Å²) in [5, 5.41) is 0. The lowest BCUT2D eigenvalue weighted by atomic mass is 10.0. The van der Waals surface area contributed by atoms with Crippen LogP contribution in [0.3, 0.4) is 0 Å². The van der Waals surface area contributed by atoms with Crippen molar-refractivity contribution in [2.75, 3.05) is 13.2 Å². The van der Waals surface area contributed by atoms with Crippen molar-refractivity contribution in [3.8, 4) is 0 Å². The molecule has 0 rings (SSSR count). The van der Waals surface area contributed by atoms with Crippen LogP contribution in [0.1, 0.15) is 310 Å². The molecule has 0 bridgehead atoms. The summed E-state index contributed by atoms with van der Waals surface area (Å²) in [4.78, 5) is 38.1. The summed E-state index contributed by atoms with van der Waals surface area (Å²) < 4.78 is 16.9. The minimum Gasteiger partial charge on any atom is -0.462 e. The van der Waals surface area contributed by atoms with Crippen molar-refractivity contribution in [3.05, 3.63) is 36.5 Å². The van der Waals surface area contributed by atoms with Gasteiger partial charge in [0.2, 0.25) is 0 Å². The molecule has 386 valence electrons. The van der Waals surface area contributed by atoms with Crippen LogP contribution < -0.4 is 0 Å². The molecule has 1 atom stereocenters. The molecule has 6 heteroatoms. The zero-order valence-electron chi connectivity index (χ0n) is 44.2. The van der Waals surface area contributed by atoms with Gasteiger partial charge in [-0.15, -0.1) is 0 Å². The minimum atomic E-state index is -0.779. The number of carbonyl (C=O) groups excluding carboxylic acids is 3. The first-order valence-corrected chi connectivity index (χ1v) is 29.0. The van der Waals surface area contributed by atoms with Crippen LogP contribution in [0.4, 0.5) is 0 Å². The molecule has 0 aromatic heterocycles. The fraction of sp³-hybridized carbons (Fsp3) is 0.850. The van der Waals surface area contributed by atoms with Gasteiger partial charge in [0.15, 0.2) is 6.10 Å². The Hall–Kier alpha value is -2.37. The number of esters is 3. The molecule has 0 radical (unpaired) electrons. The van der Waals surface area contributed by atoms with Crippen LogP contribution in [0.2, 0.25) is 0 Å². The lowest BCUT2D eigenvalue weighted by molar-refractivity contribution is -0.167. The van der Waals surface area contributed by atoms with E-state index in [1.165, 1.54) is 186 Å². The number of hydrogen-bond donors (Lipinski definition) is 0. The first-order valence-electron chi connectivity index (χ1n) is 29.0. The maximum atomic E-state index is 12.8. The molecular weight excluding hydrogens is 817 g/mol. The van der Waals surface area contributed by atoms with Crippen LogP contribution in [0, 0.1) is 0 Å². The Kier molecular flexibility index (Phi) is 53.2. The zero-order valence-corrected chi connectivity index (χ0v) is 44.2. The molecule has 66 heavy (non-hydrogen) atoms. The van der Waals surface area contributed by atoms with Gasteiger partial charge < -0.3 is 14.2 Å². The van der Waals surface area contributed by atoms with Gasteiger partial charge in [0, 0.05) is 19.3 Å². The average Bonchev–Trinajstić information content (AvgIpc) is 3.31. The molecule has 0 aromatic rings. The molecule has 0 saturated carbocycles. The highest BCUT2D eigenvalue weighted by Crippen LogP contribution is 2.16.